The first kappa shape index (κ1) is 19.1. The summed E-state index contributed by atoms with van der Waals surface area (Å²) in [5, 5.41) is 7.08. The lowest BCUT2D eigenvalue weighted by molar-refractivity contribution is 0.413. The van der Waals surface area contributed by atoms with Gasteiger partial charge in [0, 0.05) is 25.5 Å². The van der Waals surface area contributed by atoms with Crippen molar-refractivity contribution in [3.63, 3.8) is 0 Å². The average molecular weight is 386 g/mol. The van der Waals surface area contributed by atoms with E-state index in [1.54, 1.807) is 12.1 Å². The highest BCUT2D eigenvalue weighted by Crippen LogP contribution is 2.16. The second-order valence-electron chi connectivity index (χ2n) is 6.19. The number of nitrogens with zero attached hydrogens (tertiary/aromatic N) is 2. The molecule has 2 N–H and O–H groups in total. The van der Waals surface area contributed by atoms with Gasteiger partial charge in [0.05, 0.1) is 12.0 Å². The van der Waals surface area contributed by atoms with Crippen LogP contribution in [-0.2, 0) is 22.9 Å². The molecule has 1 heterocycles. The summed E-state index contributed by atoms with van der Waals surface area (Å²) in [6.45, 7) is 2.25. The fourth-order valence-electron chi connectivity index (χ4n) is 2.69. The maximum atomic E-state index is 12.4. The van der Waals surface area contributed by atoms with Gasteiger partial charge in [-0.15, -0.1) is 0 Å². The second-order valence-corrected chi connectivity index (χ2v) is 7.96. The Balaban J connectivity index is 1.57. The summed E-state index contributed by atoms with van der Waals surface area (Å²) in [6, 6.07) is 14.5. The summed E-state index contributed by atoms with van der Waals surface area (Å²) >= 11 is 0. The summed E-state index contributed by atoms with van der Waals surface area (Å²) in [6.07, 6.45) is 1.05. The number of sulfonamides is 1. The van der Waals surface area contributed by atoms with Crippen LogP contribution in [0.25, 0.3) is 0 Å². The molecule has 0 saturated heterocycles. The van der Waals surface area contributed by atoms with Crippen molar-refractivity contribution in [3.8, 4) is 5.75 Å². The summed E-state index contributed by atoms with van der Waals surface area (Å²) in [7, 11) is -2.11. The van der Waals surface area contributed by atoms with Crippen molar-refractivity contribution in [2.75, 3.05) is 13.7 Å². The van der Waals surface area contributed by atoms with Crippen molar-refractivity contribution >= 4 is 10.0 Å². The number of ether oxygens (including phenoxy) is 1. The smallest absolute Gasteiger partial charge is 0.240 e. The average Bonchev–Trinajstić information content (AvgIpc) is 3.09. The van der Waals surface area contributed by atoms with E-state index < -0.39 is 10.0 Å². The van der Waals surface area contributed by atoms with Gasteiger partial charge in [0.15, 0.2) is 5.82 Å². The van der Waals surface area contributed by atoms with Crippen LogP contribution in [0.2, 0.25) is 0 Å². The van der Waals surface area contributed by atoms with Crippen LogP contribution < -0.4 is 9.46 Å². The third-order valence-corrected chi connectivity index (χ3v) is 5.48. The fraction of sp³-hybridized carbons (Fsp3) is 0.263. The maximum absolute atomic E-state index is 12.4. The van der Waals surface area contributed by atoms with Crippen molar-refractivity contribution in [1.82, 2.24) is 19.9 Å². The Morgan fingerprint density at radius 3 is 2.74 bits per heavy atom. The van der Waals surface area contributed by atoms with E-state index in [1.165, 1.54) is 24.8 Å². The van der Waals surface area contributed by atoms with Gasteiger partial charge in [-0.25, -0.2) is 18.1 Å². The summed E-state index contributed by atoms with van der Waals surface area (Å²) < 4.78 is 32.3. The standard InChI is InChI=1S/C19H22N4O3S/c1-14-5-3-6-15(11-14)12-19-21-18(22-23-19)9-10-20-27(24,25)17-8-4-7-16(13-17)26-2/h3-8,11,13,20H,9-10,12H2,1-2H3,(H,21,22,23). The van der Waals surface area contributed by atoms with Gasteiger partial charge in [-0.1, -0.05) is 35.9 Å². The molecule has 0 spiro atoms. The number of H-pyrrole nitrogens is 1. The molecular formula is C19H22N4O3S. The Hall–Kier alpha value is -2.71. The normalized spacial score (nSPS) is 11.5. The van der Waals surface area contributed by atoms with Gasteiger partial charge in [0.25, 0.3) is 0 Å². The Kier molecular flexibility index (Phi) is 5.88. The molecule has 0 radical (unpaired) electrons. The van der Waals surface area contributed by atoms with Crippen molar-refractivity contribution in [1.29, 1.82) is 0 Å². The third-order valence-electron chi connectivity index (χ3n) is 4.02. The SMILES string of the molecule is COc1cccc(S(=O)(=O)NCCc2n[nH]c(Cc3cccc(C)c3)n2)c1. The van der Waals surface area contributed by atoms with Crippen molar-refractivity contribution in [2.45, 2.75) is 24.7 Å². The highest BCUT2D eigenvalue weighted by molar-refractivity contribution is 7.89. The number of hydrogen-bond donors (Lipinski definition) is 2. The summed E-state index contributed by atoms with van der Waals surface area (Å²) in [4.78, 5) is 4.60. The number of aryl methyl sites for hydroxylation is 1. The molecule has 27 heavy (non-hydrogen) atoms. The predicted molar refractivity (Wildman–Crippen MR) is 102 cm³/mol. The minimum atomic E-state index is -3.61. The lowest BCUT2D eigenvalue weighted by Crippen LogP contribution is -2.26. The fourth-order valence-corrected chi connectivity index (χ4v) is 3.76. The number of aromatic nitrogens is 3. The number of benzene rings is 2. The van der Waals surface area contributed by atoms with E-state index in [0.717, 1.165) is 11.4 Å². The van der Waals surface area contributed by atoms with Gasteiger partial charge in [0.2, 0.25) is 10.0 Å². The third kappa shape index (κ3) is 5.15. The number of methoxy groups -OCH3 is 1. The molecule has 0 aliphatic carbocycles. The Bertz CT molecular complexity index is 1020. The van der Waals surface area contributed by atoms with Crippen molar-refractivity contribution < 1.29 is 13.2 Å². The molecule has 142 valence electrons. The van der Waals surface area contributed by atoms with Crippen LogP contribution in [0.15, 0.2) is 53.4 Å². The van der Waals surface area contributed by atoms with Crippen molar-refractivity contribution in [2.24, 2.45) is 0 Å². The molecule has 3 rings (SSSR count). The second kappa shape index (κ2) is 8.32. The van der Waals surface area contributed by atoms with E-state index in [9.17, 15) is 8.42 Å². The molecule has 0 amide bonds. The highest BCUT2D eigenvalue weighted by Gasteiger charge is 2.14. The molecule has 0 saturated carbocycles. The van der Waals surface area contributed by atoms with Crippen LogP contribution in [0.4, 0.5) is 0 Å². The Morgan fingerprint density at radius 1 is 1.15 bits per heavy atom. The lowest BCUT2D eigenvalue weighted by atomic mass is 10.1. The van der Waals surface area contributed by atoms with Gasteiger partial charge in [-0.2, -0.15) is 5.10 Å². The zero-order chi connectivity index (χ0) is 19.3. The van der Waals surface area contributed by atoms with Crippen LogP contribution in [0.5, 0.6) is 5.75 Å². The van der Waals surface area contributed by atoms with Gasteiger partial charge < -0.3 is 4.74 Å². The molecule has 0 atom stereocenters. The minimum absolute atomic E-state index is 0.164. The molecular weight excluding hydrogens is 364 g/mol. The predicted octanol–water partition coefficient (Wildman–Crippen LogP) is 2.23. The first-order valence-corrected chi connectivity index (χ1v) is 10.0. The van der Waals surface area contributed by atoms with Gasteiger partial charge >= 0.3 is 0 Å². The molecule has 3 aromatic rings. The van der Waals surface area contributed by atoms with Crippen molar-refractivity contribution in [3.05, 3.63) is 71.3 Å². The zero-order valence-electron chi connectivity index (χ0n) is 15.3. The molecule has 2 aromatic carbocycles. The van der Waals surface area contributed by atoms with E-state index in [-0.39, 0.29) is 11.4 Å². The van der Waals surface area contributed by atoms with E-state index in [4.69, 9.17) is 4.74 Å². The first-order chi connectivity index (χ1) is 13.0. The van der Waals surface area contributed by atoms with Gasteiger partial charge in [0.1, 0.15) is 11.6 Å². The van der Waals surface area contributed by atoms with Gasteiger partial charge in [-0.05, 0) is 24.6 Å². The zero-order valence-corrected chi connectivity index (χ0v) is 16.1. The molecule has 8 heteroatoms. The quantitative estimate of drug-likeness (QED) is 0.619. The van der Waals surface area contributed by atoms with Crippen LogP contribution in [0.1, 0.15) is 22.8 Å². The van der Waals surface area contributed by atoms with Crippen LogP contribution in [-0.4, -0.2) is 37.3 Å². The maximum Gasteiger partial charge on any atom is 0.240 e. The summed E-state index contributed by atoms with van der Waals surface area (Å²) in [5.41, 5.74) is 2.34. The molecule has 0 aliphatic rings. The number of hydrogen-bond acceptors (Lipinski definition) is 5. The number of rotatable bonds is 8. The summed E-state index contributed by atoms with van der Waals surface area (Å²) in [5.74, 6) is 1.82. The van der Waals surface area contributed by atoms with Crippen LogP contribution >= 0.6 is 0 Å². The first-order valence-electron chi connectivity index (χ1n) is 8.56. The van der Waals surface area contributed by atoms with Crippen LogP contribution in [0, 0.1) is 6.92 Å². The molecule has 7 nitrogen and oxygen atoms in total. The number of aromatic amines is 1. The highest BCUT2D eigenvalue weighted by atomic mass is 32.2. The topological polar surface area (TPSA) is 97.0 Å². The molecule has 0 unspecified atom stereocenters. The lowest BCUT2D eigenvalue weighted by Gasteiger charge is -2.07. The van der Waals surface area contributed by atoms with E-state index in [0.29, 0.717) is 24.4 Å². The molecule has 0 aliphatic heterocycles. The largest absolute Gasteiger partial charge is 0.497 e. The van der Waals surface area contributed by atoms with E-state index in [1.807, 2.05) is 25.1 Å². The molecule has 0 fully saturated rings. The molecule has 0 bridgehead atoms. The molecule has 1 aromatic heterocycles. The Morgan fingerprint density at radius 2 is 1.96 bits per heavy atom. The minimum Gasteiger partial charge on any atom is -0.497 e. The van der Waals surface area contributed by atoms with E-state index in [2.05, 4.69) is 26.0 Å². The van der Waals surface area contributed by atoms with Crippen LogP contribution in [0.3, 0.4) is 0 Å². The Labute approximate surface area is 158 Å². The van der Waals surface area contributed by atoms with E-state index >= 15 is 0 Å². The number of nitrogens with one attached hydrogen (secondary N) is 2. The van der Waals surface area contributed by atoms with Gasteiger partial charge in [-0.3, -0.25) is 5.10 Å². The monoisotopic (exact) mass is 386 g/mol.